The molecule has 3 rings (SSSR count). The number of carbonyl (C=O) groups is 9. The van der Waals surface area contributed by atoms with Crippen LogP contribution in [-0.2, 0) is 61.5 Å². The van der Waals surface area contributed by atoms with Crippen molar-refractivity contribution in [3.05, 3.63) is 36.0 Å². The topological polar surface area (TPSA) is 271 Å². The fourth-order valence-corrected chi connectivity index (χ4v) is 12.6. The number of Topliss-reactive ketones (excluding diaryl/α,β-unsaturated/α-hetero) is 6. The number of esters is 2. The molecule has 3 aliphatic carbocycles. The Morgan fingerprint density at radius 3 is 1.38 bits per heavy atom. The molecular weight excluding hydrogens is 1220 g/mol. The Labute approximate surface area is 559 Å². The van der Waals surface area contributed by atoms with Gasteiger partial charge in [0, 0.05) is 115 Å². The first-order chi connectivity index (χ1) is 42.6. The van der Waals surface area contributed by atoms with E-state index >= 15 is 0 Å². The maximum Gasteiger partial charge on any atom is 0.305 e. The van der Waals surface area contributed by atoms with E-state index in [-0.39, 0.29) is 122 Å². The Morgan fingerprint density at radius 1 is 0.576 bits per heavy atom. The van der Waals surface area contributed by atoms with Crippen molar-refractivity contribution in [1.82, 2.24) is 0 Å². The summed E-state index contributed by atoms with van der Waals surface area (Å²) in [5.74, 6) is -3.04. The van der Waals surface area contributed by atoms with Gasteiger partial charge in [0.25, 0.3) is 0 Å². The molecule has 17 nitrogen and oxygen atoms in total. The van der Waals surface area contributed by atoms with E-state index in [1.165, 1.54) is 14.2 Å². The first-order valence-electron chi connectivity index (χ1n) is 34.5. The van der Waals surface area contributed by atoms with Crippen LogP contribution in [0.1, 0.15) is 243 Å². The summed E-state index contributed by atoms with van der Waals surface area (Å²) in [5, 5.41) is 39.8. The number of methoxy groups -OCH3 is 2. The van der Waals surface area contributed by atoms with Crippen LogP contribution in [0.25, 0.3) is 0 Å². The number of rotatable bonds is 37. The quantitative estimate of drug-likeness (QED) is 0.0195. The molecule has 92 heavy (non-hydrogen) atoms. The van der Waals surface area contributed by atoms with Gasteiger partial charge < -0.3 is 38.8 Å². The average Bonchev–Trinajstić information content (AvgIpc) is 1.59. The number of ether oxygens (including phenoxy) is 2. The van der Waals surface area contributed by atoms with E-state index < -0.39 is 58.7 Å². The number of aliphatic hydroxyl groups excluding tert-OH is 3. The maximum absolute atomic E-state index is 13.0. The zero-order valence-corrected chi connectivity index (χ0v) is 63.8. The van der Waals surface area contributed by atoms with Crippen LogP contribution in [0.5, 0.6) is 0 Å². The van der Waals surface area contributed by atoms with Crippen LogP contribution in [0.3, 0.4) is 0 Å². The fraction of sp³-hybridized carbons (Fsp3) is 0.792. The van der Waals surface area contributed by atoms with Gasteiger partial charge in [-0.15, -0.1) is 0 Å². The highest BCUT2D eigenvalue weighted by molar-refractivity contribution is 6.74. The number of carboxylic acids is 1. The molecule has 3 aliphatic rings. The lowest BCUT2D eigenvalue weighted by Crippen LogP contribution is -2.45. The number of ketones is 6. The molecule has 0 aromatic carbocycles. The van der Waals surface area contributed by atoms with Gasteiger partial charge in [-0.05, 0) is 98.7 Å². The minimum absolute atomic E-state index is 0.0114. The summed E-state index contributed by atoms with van der Waals surface area (Å²) >= 11 is 0. The highest BCUT2D eigenvalue weighted by atomic mass is 28.4. The molecule has 0 aromatic heterocycles. The molecule has 0 spiro atoms. The fourth-order valence-electron chi connectivity index (χ4n) is 10.0. The normalized spacial score (nSPS) is 21.1. The number of hydrogen-bond donors (Lipinski definition) is 4. The van der Waals surface area contributed by atoms with Crippen molar-refractivity contribution >= 4 is 78.0 Å². The number of hydrogen-bond acceptors (Lipinski definition) is 16. The second kappa shape index (κ2) is 44.0. The van der Waals surface area contributed by atoms with Crippen molar-refractivity contribution < 1.29 is 81.9 Å². The third-order valence-corrected chi connectivity index (χ3v) is 31.6. The molecule has 0 radical (unpaired) electrons. The highest BCUT2D eigenvalue weighted by Crippen LogP contribution is 2.44. The number of carbonyl (C=O) groups excluding carboxylic acids is 8. The van der Waals surface area contributed by atoms with E-state index in [1.807, 2.05) is 12.2 Å². The van der Waals surface area contributed by atoms with Crippen LogP contribution in [0.15, 0.2) is 36.0 Å². The van der Waals surface area contributed by atoms with E-state index in [0.29, 0.717) is 101 Å². The summed E-state index contributed by atoms with van der Waals surface area (Å²) in [4.78, 5) is 107. The first kappa shape index (κ1) is 88.1. The summed E-state index contributed by atoms with van der Waals surface area (Å²) < 4.78 is 22.1. The molecule has 4 N–H and O–H groups in total. The third kappa shape index (κ3) is 36.3. The van der Waals surface area contributed by atoms with Gasteiger partial charge >= 0.3 is 17.9 Å². The number of unbranched alkanes of at least 4 members (excludes halogenated alkanes) is 7. The largest absolute Gasteiger partial charge is 0.481 e. The van der Waals surface area contributed by atoms with Gasteiger partial charge in [-0.2, -0.15) is 0 Å². The second-order valence-corrected chi connectivity index (χ2v) is 43.8. The molecular formula is C72H128O17Si3. The van der Waals surface area contributed by atoms with Crippen LogP contribution >= 0.6 is 0 Å². The van der Waals surface area contributed by atoms with Crippen molar-refractivity contribution in [2.24, 2.45) is 23.7 Å². The minimum atomic E-state index is -2.11. The molecule has 5 unspecified atom stereocenters. The van der Waals surface area contributed by atoms with Crippen molar-refractivity contribution in [3.8, 4) is 0 Å². The summed E-state index contributed by atoms with van der Waals surface area (Å²) in [6, 6.07) is 0. The average molecular weight is 1350 g/mol. The smallest absolute Gasteiger partial charge is 0.305 e. The van der Waals surface area contributed by atoms with Crippen LogP contribution in [0.4, 0.5) is 0 Å². The lowest BCUT2D eigenvalue weighted by atomic mass is 9.88. The van der Waals surface area contributed by atoms with E-state index in [2.05, 4.69) is 125 Å². The van der Waals surface area contributed by atoms with E-state index in [0.717, 1.165) is 38.5 Å². The number of allylic oxidation sites excluding steroid dienone is 1. The van der Waals surface area contributed by atoms with Gasteiger partial charge in [0.15, 0.2) is 22.4 Å². The van der Waals surface area contributed by atoms with E-state index in [1.54, 1.807) is 18.2 Å². The van der Waals surface area contributed by atoms with Crippen molar-refractivity contribution in [2.75, 3.05) is 14.2 Å². The predicted molar refractivity (Wildman–Crippen MR) is 374 cm³/mol. The molecule has 9 atom stereocenters. The summed E-state index contributed by atoms with van der Waals surface area (Å²) in [6.07, 6.45) is 20.2. The minimum Gasteiger partial charge on any atom is -0.481 e. The Morgan fingerprint density at radius 2 is 0.967 bits per heavy atom. The molecule has 530 valence electrons. The maximum atomic E-state index is 13.0. The van der Waals surface area contributed by atoms with Gasteiger partial charge in [0.1, 0.15) is 28.9 Å². The summed E-state index contributed by atoms with van der Waals surface area (Å²) in [6.45, 7) is 37.7. The van der Waals surface area contributed by atoms with Crippen molar-refractivity contribution in [2.45, 2.75) is 328 Å². The Bertz CT molecular complexity index is 2370. The monoisotopic (exact) mass is 1350 g/mol. The molecule has 0 aliphatic heterocycles. The SMILES string of the molecule is CCCCCC(O)/C=C/[C@H]1C(O)CC(=O)[C@@H]1CC(=O)CCCCC(=O)O.CCCCCC(O)/C=C/[C@H]1C(O[Si](C)(C)C(C)(C)C)CC(=O)[C@@H]1CC(=O)CCCCC(=O)OC.COC(=O)CCCCC(=O)CC1=CC(O[Si](C)(C)C(C)(C)C)CC1=O.C[SiH](C)C(C)(C)C. The molecule has 2 fully saturated rings. The lowest BCUT2D eigenvalue weighted by Gasteiger charge is -2.39. The summed E-state index contributed by atoms with van der Waals surface area (Å²) in [7, 11) is -1.69. The molecule has 0 heterocycles. The standard InChI is InChI=1S/C27H48O6Si.C20H32O6.C19H32O5Si.C6H16Si/c1-8-9-10-13-20(28)16-17-22-23(18-21(29)14-11-12-15-26(31)32-5)24(30)19-25(22)33-34(6,7)27(2,3)4;1-2-3-4-7-14(21)10-11-16-17(19(24)13-18(16)23)12-15(22)8-5-6-9-20(25)26;1-19(2,3)25(5,6)24-16-12-14(17(21)13-16)11-15(20)9-7-8-10-18(22)23-4;1-6(2,3)7(4)5/h16-17,20,22-23,25,28H,8-15,18-19H2,1-7H3;10-11,14,16-18,21,23H,2-9,12-13H2,1H3,(H,25,26);12,16H,7-11,13H2,1-6H3;7H,1-5H3/b17-16+;11-10+;;/t20?,22-,23-,25?;14?,16-,17-,18?;;/m11../s1. The van der Waals surface area contributed by atoms with Crippen LogP contribution < -0.4 is 0 Å². The Hall–Kier alpha value is -3.90. The van der Waals surface area contributed by atoms with Gasteiger partial charge in [0.2, 0.25) is 0 Å². The van der Waals surface area contributed by atoms with Crippen molar-refractivity contribution in [3.63, 3.8) is 0 Å². The lowest BCUT2D eigenvalue weighted by molar-refractivity contribution is -0.141. The van der Waals surface area contributed by atoms with Crippen molar-refractivity contribution in [1.29, 1.82) is 0 Å². The Kier molecular flexibility index (Phi) is 42.2. The van der Waals surface area contributed by atoms with Crippen LogP contribution in [0, 0.1) is 23.7 Å². The van der Waals surface area contributed by atoms with E-state index in [4.69, 9.17) is 14.0 Å². The van der Waals surface area contributed by atoms with E-state index in [9.17, 15) is 58.5 Å². The molecule has 2 saturated carbocycles. The molecule has 0 bridgehead atoms. The second-order valence-electron chi connectivity index (χ2n) is 30.2. The number of aliphatic carboxylic acids is 1. The van der Waals surface area contributed by atoms with Gasteiger partial charge in [-0.1, -0.05) is 152 Å². The first-order valence-corrected chi connectivity index (χ1v) is 43.2. The van der Waals surface area contributed by atoms with Crippen LogP contribution in [0.2, 0.25) is 54.4 Å². The Balaban J connectivity index is 0.00000130. The zero-order chi connectivity index (χ0) is 70.8. The van der Waals surface area contributed by atoms with Gasteiger partial charge in [0.05, 0.1) is 44.7 Å². The number of aliphatic hydroxyl groups is 3. The van der Waals surface area contributed by atoms with Crippen LogP contribution in [-0.4, -0.2) is 143 Å². The molecule has 0 saturated heterocycles. The number of carboxylic acid groups (broad SMARTS) is 1. The molecule has 20 heteroatoms. The summed E-state index contributed by atoms with van der Waals surface area (Å²) in [5.41, 5.74) is 0.585. The third-order valence-electron chi connectivity index (χ3n) is 19.1. The molecule has 0 aromatic rings. The molecule has 0 amide bonds. The predicted octanol–water partition coefficient (Wildman–Crippen LogP) is 14.7. The van der Waals surface area contributed by atoms with Gasteiger partial charge in [-0.3, -0.25) is 43.2 Å². The highest BCUT2D eigenvalue weighted by Gasteiger charge is 2.48. The van der Waals surface area contributed by atoms with Gasteiger partial charge in [-0.25, -0.2) is 0 Å². The zero-order valence-electron chi connectivity index (χ0n) is 60.6.